The van der Waals surface area contributed by atoms with Gasteiger partial charge in [-0.25, -0.2) is 0 Å². The molecule has 54 heavy (non-hydrogen) atoms. The molecular weight excluding hydrogens is 649 g/mol. The summed E-state index contributed by atoms with van der Waals surface area (Å²) in [6.45, 7) is 14.7. The molecule has 0 aromatic carbocycles. The van der Waals surface area contributed by atoms with E-state index in [1.54, 1.807) is 19.3 Å². The van der Waals surface area contributed by atoms with Crippen molar-refractivity contribution >= 4 is 0 Å². The van der Waals surface area contributed by atoms with Gasteiger partial charge in [0.15, 0.2) is 0 Å². The summed E-state index contributed by atoms with van der Waals surface area (Å²) in [4.78, 5) is 0. The van der Waals surface area contributed by atoms with Crippen molar-refractivity contribution in [3.63, 3.8) is 0 Å². The van der Waals surface area contributed by atoms with Crippen LogP contribution in [0.2, 0.25) is 0 Å². The fourth-order valence-electron chi connectivity index (χ4n) is 10.2. The number of unbranched alkanes of at least 4 members (excludes halogenated alkanes) is 36. The molecule has 0 fully saturated rings. The Morgan fingerprint density at radius 1 is 0.185 bits per heavy atom. The lowest BCUT2D eigenvalue weighted by Gasteiger charge is -2.51. The third-order valence-electron chi connectivity index (χ3n) is 14.2. The first-order chi connectivity index (χ1) is 26.6. The van der Waals surface area contributed by atoms with Gasteiger partial charge in [0.05, 0.1) is 0 Å². The van der Waals surface area contributed by atoms with Crippen molar-refractivity contribution in [3.05, 3.63) is 0 Å². The van der Waals surface area contributed by atoms with Crippen LogP contribution in [0.25, 0.3) is 0 Å². The smallest absolute Gasteiger partial charge is 0.0244 e. The molecule has 0 aromatic rings. The summed E-state index contributed by atoms with van der Waals surface area (Å²) < 4.78 is 0. The molecule has 0 spiro atoms. The van der Waals surface area contributed by atoms with Gasteiger partial charge in [-0.1, -0.05) is 305 Å². The second-order valence-corrected chi connectivity index (χ2v) is 19.3. The summed E-state index contributed by atoms with van der Waals surface area (Å²) in [5.41, 5.74) is 1.10. The van der Waals surface area contributed by atoms with Gasteiger partial charge >= 0.3 is 0 Å². The van der Waals surface area contributed by atoms with E-state index in [-0.39, 0.29) is 0 Å². The Hall–Kier alpha value is 0. The first-order valence-corrected chi connectivity index (χ1v) is 26.6. The SMILES string of the molecule is CCCCCCCCCCCC(CCCCCCCCCC)(CCCCCCCCCC)C(C)(CCCCCCCCCC)CCCCCCCCCC. The molecule has 326 valence electrons. The lowest BCUT2D eigenvalue weighted by Crippen LogP contribution is -2.41. The van der Waals surface area contributed by atoms with E-state index >= 15 is 0 Å². The van der Waals surface area contributed by atoms with Crippen LogP contribution in [0.4, 0.5) is 0 Å². The zero-order chi connectivity index (χ0) is 39.5. The minimum Gasteiger partial charge on any atom is -0.0654 e. The summed E-state index contributed by atoms with van der Waals surface area (Å²) >= 11 is 0. The quantitative estimate of drug-likeness (QED) is 0.0542. The van der Waals surface area contributed by atoms with E-state index in [1.165, 1.54) is 276 Å². The van der Waals surface area contributed by atoms with Crippen molar-refractivity contribution in [2.45, 2.75) is 337 Å². The molecule has 0 amide bonds. The molecule has 0 atom stereocenters. The first kappa shape index (κ1) is 54.0. The molecule has 0 aliphatic carbocycles. The molecular formula is C54H110. The average Bonchev–Trinajstić information content (AvgIpc) is 3.18. The highest BCUT2D eigenvalue weighted by atomic mass is 14.5. The van der Waals surface area contributed by atoms with E-state index in [2.05, 4.69) is 41.5 Å². The van der Waals surface area contributed by atoms with E-state index in [1.807, 2.05) is 0 Å². The molecule has 0 aromatic heterocycles. The Morgan fingerprint density at radius 2 is 0.333 bits per heavy atom. The molecule has 0 heterocycles. The number of hydrogen-bond acceptors (Lipinski definition) is 0. The van der Waals surface area contributed by atoms with Crippen molar-refractivity contribution in [1.82, 2.24) is 0 Å². The monoisotopic (exact) mass is 759 g/mol. The predicted molar refractivity (Wildman–Crippen MR) is 251 cm³/mol. The van der Waals surface area contributed by atoms with Gasteiger partial charge < -0.3 is 0 Å². The maximum Gasteiger partial charge on any atom is -0.0244 e. The summed E-state index contributed by atoms with van der Waals surface area (Å²) in [6.07, 6.45) is 67.7. The standard InChI is InChI=1S/C54H110/c1-7-12-17-22-27-32-37-42-47-52-54(50-45-40-35-30-25-20-15-10-4,51-46-41-36-31-26-21-16-11-5)53(6,48-43-38-33-28-23-18-13-8-2)49-44-39-34-29-24-19-14-9-3/h7-52H2,1-6H3. The van der Waals surface area contributed by atoms with E-state index in [4.69, 9.17) is 0 Å². The van der Waals surface area contributed by atoms with Gasteiger partial charge in [0, 0.05) is 0 Å². The van der Waals surface area contributed by atoms with Crippen LogP contribution in [0.1, 0.15) is 337 Å². The summed E-state index contributed by atoms with van der Waals surface area (Å²) in [6, 6.07) is 0. The first-order valence-electron chi connectivity index (χ1n) is 26.6. The van der Waals surface area contributed by atoms with Crippen LogP contribution in [0.3, 0.4) is 0 Å². The highest BCUT2D eigenvalue weighted by molar-refractivity contribution is 4.96. The maximum atomic E-state index is 2.89. The Bertz CT molecular complexity index is 636. The van der Waals surface area contributed by atoms with Gasteiger partial charge in [0.25, 0.3) is 0 Å². The molecule has 0 rings (SSSR count). The van der Waals surface area contributed by atoms with Crippen molar-refractivity contribution in [1.29, 1.82) is 0 Å². The van der Waals surface area contributed by atoms with Crippen molar-refractivity contribution in [3.8, 4) is 0 Å². The minimum absolute atomic E-state index is 0.528. The summed E-state index contributed by atoms with van der Waals surface area (Å²) in [5.74, 6) is 0. The Morgan fingerprint density at radius 3 is 0.519 bits per heavy atom. The number of hydrogen-bond donors (Lipinski definition) is 0. The van der Waals surface area contributed by atoms with E-state index in [0.717, 1.165) is 0 Å². The summed E-state index contributed by atoms with van der Waals surface area (Å²) in [7, 11) is 0. The molecule has 0 radical (unpaired) electrons. The maximum absolute atomic E-state index is 2.89. The lowest BCUT2D eigenvalue weighted by atomic mass is 9.54. The van der Waals surface area contributed by atoms with Crippen LogP contribution in [-0.2, 0) is 0 Å². The van der Waals surface area contributed by atoms with E-state index in [0.29, 0.717) is 10.8 Å². The molecule has 0 unspecified atom stereocenters. The molecule has 0 bridgehead atoms. The highest BCUT2D eigenvalue weighted by Crippen LogP contribution is 2.56. The van der Waals surface area contributed by atoms with Crippen molar-refractivity contribution < 1.29 is 0 Å². The van der Waals surface area contributed by atoms with Crippen LogP contribution in [0, 0.1) is 10.8 Å². The Labute approximate surface area is 346 Å². The van der Waals surface area contributed by atoms with Crippen LogP contribution in [0.5, 0.6) is 0 Å². The highest BCUT2D eigenvalue weighted by Gasteiger charge is 2.45. The van der Waals surface area contributed by atoms with Crippen molar-refractivity contribution in [2.24, 2.45) is 10.8 Å². The molecule has 0 nitrogen and oxygen atoms in total. The fourth-order valence-corrected chi connectivity index (χ4v) is 10.2. The van der Waals surface area contributed by atoms with Gasteiger partial charge in [-0.15, -0.1) is 0 Å². The fraction of sp³-hybridized carbons (Fsp3) is 1.00. The van der Waals surface area contributed by atoms with Gasteiger partial charge in [-0.05, 0) is 42.9 Å². The molecule has 0 heteroatoms. The summed E-state index contributed by atoms with van der Waals surface area (Å²) in [5, 5.41) is 0. The zero-order valence-corrected chi connectivity index (χ0v) is 39.5. The number of rotatable bonds is 47. The third-order valence-corrected chi connectivity index (χ3v) is 14.2. The average molecular weight is 759 g/mol. The largest absolute Gasteiger partial charge is 0.0654 e. The topological polar surface area (TPSA) is 0 Å². The second kappa shape index (κ2) is 42.6. The molecule has 0 N–H and O–H groups in total. The normalized spacial score (nSPS) is 12.3. The lowest BCUT2D eigenvalue weighted by molar-refractivity contribution is -0.00665. The van der Waals surface area contributed by atoms with Gasteiger partial charge in [-0.2, -0.15) is 0 Å². The molecule has 0 aliphatic heterocycles. The van der Waals surface area contributed by atoms with Crippen molar-refractivity contribution in [2.75, 3.05) is 0 Å². The van der Waals surface area contributed by atoms with E-state index < -0.39 is 0 Å². The Kier molecular flexibility index (Phi) is 42.6. The van der Waals surface area contributed by atoms with Gasteiger partial charge in [0.2, 0.25) is 0 Å². The van der Waals surface area contributed by atoms with Crippen LogP contribution < -0.4 is 0 Å². The van der Waals surface area contributed by atoms with E-state index in [9.17, 15) is 0 Å². The predicted octanol–water partition coefficient (Wildman–Crippen LogP) is 21.0. The Balaban J connectivity index is 5.92. The van der Waals surface area contributed by atoms with Crippen LogP contribution >= 0.6 is 0 Å². The minimum atomic E-state index is 0.528. The van der Waals surface area contributed by atoms with Crippen LogP contribution in [-0.4, -0.2) is 0 Å². The second-order valence-electron chi connectivity index (χ2n) is 19.3. The molecule has 0 saturated heterocycles. The molecule has 0 aliphatic rings. The van der Waals surface area contributed by atoms with Crippen LogP contribution in [0.15, 0.2) is 0 Å². The van der Waals surface area contributed by atoms with Gasteiger partial charge in [0.1, 0.15) is 0 Å². The zero-order valence-electron chi connectivity index (χ0n) is 39.5. The third kappa shape index (κ3) is 32.0. The van der Waals surface area contributed by atoms with Gasteiger partial charge in [-0.3, -0.25) is 0 Å². The molecule has 0 saturated carbocycles.